The number of piperazine rings is 2. The summed E-state index contributed by atoms with van der Waals surface area (Å²) in [5.41, 5.74) is -0.457. The van der Waals surface area contributed by atoms with E-state index in [-0.39, 0.29) is 18.2 Å². The third-order valence-electron chi connectivity index (χ3n) is 7.09. The molecule has 0 spiro atoms. The molecule has 2 aromatic rings. The molecule has 1 amide bonds. The van der Waals surface area contributed by atoms with E-state index in [2.05, 4.69) is 56.9 Å². The number of nitrogens with one attached hydrogen (secondary N) is 1. The van der Waals surface area contributed by atoms with Gasteiger partial charge in [0.15, 0.2) is 0 Å². The number of carbonyl (C=O) groups excluding carboxylic acids is 2. The quantitative estimate of drug-likeness (QED) is 0.347. The number of pyridine rings is 2. The molecule has 6 saturated heterocycles. The summed E-state index contributed by atoms with van der Waals surface area (Å²) in [5, 5.41) is 4.87. The number of alkyl halides is 3. The normalized spacial score (nSPS) is 23.9. The lowest BCUT2D eigenvalue weighted by Gasteiger charge is -2.56. The lowest BCUT2D eigenvalue weighted by Crippen LogP contribution is -2.70. The number of amides is 1. The van der Waals surface area contributed by atoms with Crippen LogP contribution in [0.4, 0.5) is 29.6 Å². The smallest absolute Gasteiger partial charge is 0.444 e. The van der Waals surface area contributed by atoms with E-state index in [1.807, 2.05) is 37.8 Å². The maximum Gasteiger partial charge on any atom is 0.446 e. The summed E-state index contributed by atoms with van der Waals surface area (Å²) < 4.78 is 38.4. The van der Waals surface area contributed by atoms with Crippen LogP contribution in [0.25, 0.3) is 0 Å². The van der Waals surface area contributed by atoms with Crippen LogP contribution in [-0.4, -0.2) is 89.4 Å². The van der Waals surface area contributed by atoms with E-state index < -0.39 is 18.1 Å². The van der Waals surface area contributed by atoms with Gasteiger partial charge in [-0.05, 0) is 65.5 Å². The molecule has 6 aliphatic heterocycles. The molecule has 0 saturated carbocycles. The van der Waals surface area contributed by atoms with Crippen LogP contribution in [-0.2, 0) is 9.53 Å². The molecule has 236 valence electrons. The van der Waals surface area contributed by atoms with Crippen molar-refractivity contribution < 1.29 is 27.5 Å². The average molecular weight is 775 g/mol. The molecule has 1 N–H and O–H groups in total. The molecule has 43 heavy (non-hydrogen) atoms. The van der Waals surface area contributed by atoms with E-state index >= 15 is 0 Å². The Morgan fingerprint density at radius 3 is 1.72 bits per heavy atom. The number of piperidine rings is 2. The minimum absolute atomic E-state index is 0.192. The number of anilines is 2. The molecule has 9 nitrogen and oxygen atoms in total. The van der Waals surface area contributed by atoms with Gasteiger partial charge in [-0.2, -0.15) is 13.2 Å². The summed E-state index contributed by atoms with van der Waals surface area (Å²) >= 11 is 18.9. The molecule has 6 aliphatic rings. The number of hydrogen-bond donors (Lipinski definition) is 1. The van der Waals surface area contributed by atoms with E-state index in [1.54, 1.807) is 12.4 Å². The molecule has 2 aromatic heterocycles. The molecular formula is C27H31Br2Cl2F3N6O3. The third kappa shape index (κ3) is 9.09. The van der Waals surface area contributed by atoms with Gasteiger partial charge in [0.1, 0.15) is 17.2 Å². The summed E-state index contributed by atoms with van der Waals surface area (Å²) in [5.74, 6) is 1.84. The van der Waals surface area contributed by atoms with Crippen LogP contribution in [0.5, 0.6) is 0 Å². The first-order chi connectivity index (χ1) is 20.0. The molecule has 6 fully saturated rings. The minimum atomic E-state index is -4.64. The molecule has 4 bridgehead atoms. The second-order valence-corrected chi connectivity index (χ2v) is 14.1. The van der Waals surface area contributed by atoms with Gasteiger partial charge in [-0.25, -0.2) is 14.8 Å². The van der Waals surface area contributed by atoms with Crippen LogP contribution in [0.1, 0.15) is 33.6 Å². The van der Waals surface area contributed by atoms with E-state index in [9.17, 15) is 18.0 Å². The topological polar surface area (TPSA) is 90.9 Å². The number of fused-ring (bicyclic) bond motifs is 4. The van der Waals surface area contributed by atoms with Crippen molar-refractivity contribution in [1.29, 1.82) is 0 Å². The summed E-state index contributed by atoms with van der Waals surface area (Å²) in [6.07, 6.45) is -0.0991. The van der Waals surface area contributed by atoms with Crippen LogP contribution in [0.3, 0.4) is 0 Å². The van der Waals surface area contributed by atoms with E-state index in [0.717, 1.165) is 58.2 Å². The van der Waals surface area contributed by atoms with Crippen LogP contribution in [0, 0.1) is 0 Å². The summed E-state index contributed by atoms with van der Waals surface area (Å²) in [4.78, 5) is 36.1. The second kappa shape index (κ2) is 13.6. The SMILES string of the molecule is CC(C)(C)OC(=O)N1C2CC1CN(c1cc(Cl)c(Br)cn1)C2.Clc1cc(N2CC3CC(C2)N3)ncc1Br.O=CC(F)(F)F. The first kappa shape index (κ1) is 34.0. The Morgan fingerprint density at radius 2 is 1.35 bits per heavy atom. The van der Waals surface area contributed by atoms with Crippen molar-refractivity contribution in [2.45, 2.75) is 69.6 Å². The average Bonchev–Trinajstić information content (AvgIpc) is 2.90. The molecule has 0 aliphatic carbocycles. The van der Waals surface area contributed by atoms with Crippen molar-refractivity contribution in [2.75, 3.05) is 36.0 Å². The standard InChI is InChI=1S/C15H19BrClN3O2.C10H11BrClN3.C2HF3O/c1-15(2,3)22-14(21)20-9-4-10(20)8-19(7-9)13-5-12(17)11(16)6-18-13;11-8-3-13-10(2-9(8)12)15-4-6-1-7(5-15)14-6;3-2(4,5)1-6/h5-6,9-10H,4,7-8H2,1-3H3;2-3,6-7,14H,1,4-5H2;1H. The fourth-order valence-corrected chi connectivity index (χ4v) is 5.99. The lowest BCUT2D eigenvalue weighted by atomic mass is 9.88. The maximum atomic E-state index is 12.2. The van der Waals surface area contributed by atoms with E-state index in [1.165, 1.54) is 6.42 Å². The highest BCUT2D eigenvalue weighted by molar-refractivity contribution is 9.10. The Labute approximate surface area is 274 Å². The predicted octanol–water partition coefficient (Wildman–Crippen LogP) is 6.49. The van der Waals surface area contributed by atoms with Gasteiger partial charge in [-0.1, -0.05) is 23.2 Å². The predicted molar refractivity (Wildman–Crippen MR) is 166 cm³/mol. The van der Waals surface area contributed by atoms with Crippen LogP contribution >= 0.6 is 55.1 Å². The first-order valence-corrected chi connectivity index (χ1v) is 15.8. The van der Waals surface area contributed by atoms with Crippen LogP contribution in [0.2, 0.25) is 10.0 Å². The van der Waals surface area contributed by atoms with Gasteiger partial charge in [0.25, 0.3) is 0 Å². The number of aldehydes is 1. The molecule has 8 heterocycles. The summed E-state index contributed by atoms with van der Waals surface area (Å²) in [7, 11) is 0. The number of aromatic nitrogens is 2. The van der Waals surface area contributed by atoms with Gasteiger partial charge < -0.3 is 19.9 Å². The highest BCUT2D eigenvalue weighted by Gasteiger charge is 2.49. The molecule has 16 heteroatoms. The number of nitrogens with zero attached hydrogens (tertiary/aromatic N) is 5. The molecule has 4 unspecified atom stereocenters. The second-order valence-electron chi connectivity index (χ2n) is 11.6. The van der Waals surface area contributed by atoms with Gasteiger partial charge in [-0.3, -0.25) is 9.69 Å². The molecule has 0 radical (unpaired) electrons. The monoisotopic (exact) mass is 772 g/mol. The van der Waals surface area contributed by atoms with Crippen molar-refractivity contribution in [2.24, 2.45) is 0 Å². The zero-order chi connectivity index (χ0) is 31.7. The number of carbonyl (C=O) groups is 2. The largest absolute Gasteiger partial charge is 0.446 e. The fourth-order valence-electron chi connectivity index (χ4n) is 5.26. The number of rotatable bonds is 2. The van der Waals surface area contributed by atoms with Crippen molar-refractivity contribution in [3.63, 3.8) is 0 Å². The fraction of sp³-hybridized carbons (Fsp3) is 0.556. The van der Waals surface area contributed by atoms with Gasteiger partial charge >= 0.3 is 12.3 Å². The third-order valence-corrected chi connectivity index (χ3v) is 9.44. The van der Waals surface area contributed by atoms with Crippen molar-refractivity contribution in [3.8, 4) is 0 Å². The Hall–Kier alpha value is -1.87. The zero-order valence-electron chi connectivity index (χ0n) is 23.5. The number of halogens is 7. The first-order valence-electron chi connectivity index (χ1n) is 13.5. The summed E-state index contributed by atoms with van der Waals surface area (Å²) in [6, 6.07) is 5.46. The van der Waals surface area contributed by atoms with E-state index in [0.29, 0.717) is 17.1 Å². The molecular weight excluding hydrogens is 744 g/mol. The lowest BCUT2D eigenvalue weighted by molar-refractivity contribution is -0.156. The van der Waals surface area contributed by atoms with Crippen molar-refractivity contribution >= 4 is 79.1 Å². The highest BCUT2D eigenvalue weighted by Crippen LogP contribution is 2.36. The minimum Gasteiger partial charge on any atom is -0.444 e. The van der Waals surface area contributed by atoms with Crippen molar-refractivity contribution in [3.05, 3.63) is 43.5 Å². The molecule has 4 atom stereocenters. The van der Waals surface area contributed by atoms with Crippen LogP contribution < -0.4 is 15.1 Å². The van der Waals surface area contributed by atoms with Gasteiger partial charge in [-0.15, -0.1) is 0 Å². The number of ether oxygens (including phenoxy) is 1. The summed E-state index contributed by atoms with van der Waals surface area (Å²) in [6.45, 7) is 9.28. The van der Waals surface area contributed by atoms with Gasteiger partial charge in [0.2, 0.25) is 6.29 Å². The maximum absolute atomic E-state index is 12.2. The van der Waals surface area contributed by atoms with Gasteiger partial charge in [0.05, 0.1) is 31.1 Å². The number of hydrogen-bond acceptors (Lipinski definition) is 8. The highest BCUT2D eigenvalue weighted by atomic mass is 79.9. The Balaban J connectivity index is 0.000000173. The molecule has 0 aromatic carbocycles. The van der Waals surface area contributed by atoms with Gasteiger partial charge in [0, 0.05) is 62.8 Å². The Morgan fingerprint density at radius 1 is 0.930 bits per heavy atom. The van der Waals surface area contributed by atoms with E-state index in [4.69, 9.17) is 32.7 Å². The van der Waals surface area contributed by atoms with Crippen LogP contribution in [0.15, 0.2) is 33.5 Å². The molecule has 8 rings (SSSR count). The Kier molecular flexibility index (Phi) is 10.8. The Bertz CT molecular complexity index is 1310. The zero-order valence-corrected chi connectivity index (χ0v) is 28.2. The van der Waals surface area contributed by atoms with Crippen molar-refractivity contribution in [1.82, 2.24) is 20.2 Å².